The van der Waals surface area contributed by atoms with E-state index in [2.05, 4.69) is 38.0 Å². The standard InChI is InChI=1S/C15H27N3O2/c1-5-13(6-2)18(9-11(3)4)10-12-7-8-20-14(12)15(19)17-16/h7-8,11,13H,5-6,9-10,16H2,1-4H3,(H,17,19). The number of carbonyl (C=O) groups excluding carboxylic acids is 1. The predicted molar refractivity (Wildman–Crippen MR) is 80.0 cm³/mol. The zero-order chi connectivity index (χ0) is 15.1. The molecule has 1 rings (SSSR count). The van der Waals surface area contributed by atoms with E-state index in [0.29, 0.717) is 24.3 Å². The summed E-state index contributed by atoms with van der Waals surface area (Å²) >= 11 is 0. The molecule has 1 amide bonds. The number of nitrogens with one attached hydrogen (secondary N) is 1. The summed E-state index contributed by atoms with van der Waals surface area (Å²) in [7, 11) is 0. The number of rotatable bonds is 8. The van der Waals surface area contributed by atoms with Gasteiger partial charge in [-0.1, -0.05) is 27.7 Å². The summed E-state index contributed by atoms with van der Waals surface area (Å²) in [6, 6.07) is 2.36. The number of carbonyl (C=O) groups is 1. The summed E-state index contributed by atoms with van der Waals surface area (Å²) in [5.74, 6) is 5.70. The van der Waals surface area contributed by atoms with Crippen molar-refractivity contribution >= 4 is 5.91 Å². The Kier molecular flexibility index (Phi) is 6.75. The molecule has 5 nitrogen and oxygen atoms in total. The van der Waals surface area contributed by atoms with Crippen molar-refractivity contribution in [2.45, 2.75) is 53.1 Å². The highest BCUT2D eigenvalue weighted by Gasteiger charge is 2.21. The first kappa shape index (κ1) is 16.7. The van der Waals surface area contributed by atoms with Gasteiger partial charge in [0.2, 0.25) is 0 Å². The largest absolute Gasteiger partial charge is 0.459 e. The van der Waals surface area contributed by atoms with Crippen LogP contribution in [0, 0.1) is 5.92 Å². The van der Waals surface area contributed by atoms with Crippen LogP contribution in [0.2, 0.25) is 0 Å². The molecule has 3 N–H and O–H groups in total. The molecule has 0 aliphatic heterocycles. The number of nitrogens with two attached hydrogens (primary N) is 1. The lowest BCUT2D eigenvalue weighted by Crippen LogP contribution is -2.37. The van der Waals surface area contributed by atoms with Crippen molar-refractivity contribution in [3.8, 4) is 0 Å². The zero-order valence-corrected chi connectivity index (χ0v) is 13.0. The average molecular weight is 281 g/mol. The number of nitrogen functional groups attached to an aromatic ring is 1. The molecular weight excluding hydrogens is 254 g/mol. The van der Waals surface area contributed by atoms with Crippen molar-refractivity contribution in [1.82, 2.24) is 10.3 Å². The van der Waals surface area contributed by atoms with Crippen molar-refractivity contribution in [2.24, 2.45) is 11.8 Å². The Morgan fingerprint density at radius 1 is 1.40 bits per heavy atom. The van der Waals surface area contributed by atoms with Gasteiger partial charge in [-0.15, -0.1) is 0 Å². The number of hydrogen-bond donors (Lipinski definition) is 2. The molecule has 1 aromatic rings. The van der Waals surface area contributed by atoms with E-state index in [4.69, 9.17) is 10.3 Å². The van der Waals surface area contributed by atoms with Gasteiger partial charge in [0.25, 0.3) is 0 Å². The molecule has 0 fully saturated rings. The van der Waals surface area contributed by atoms with Crippen LogP contribution >= 0.6 is 0 Å². The van der Waals surface area contributed by atoms with Crippen LogP contribution in [-0.4, -0.2) is 23.4 Å². The molecule has 0 aliphatic rings. The molecule has 114 valence electrons. The fraction of sp³-hybridized carbons (Fsp3) is 0.667. The monoisotopic (exact) mass is 281 g/mol. The van der Waals surface area contributed by atoms with Crippen molar-refractivity contribution in [3.63, 3.8) is 0 Å². The number of furan rings is 1. The van der Waals surface area contributed by atoms with Gasteiger partial charge in [0.15, 0.2) is 5.76 Å². The van der Waals surface area contributed by atoms with Crippen LogP contribution < -0.4 is 11.3 Å². The summed E-state index contributed by atoms with van der Waals surface area (Å²) in [4.78, 5) is 14.1. The maximum atomic E-state index is 11.7. The molecule has 0 radical (unpaired) electrons. The Morgan fingerprint density at radius 3 is 2.55 bits per heavy atom. The van der Waals surface area contributed by atoms with Crippen LogP contribution in [0.5, 0.6) is 0 Å². The van der Waals surface area contributed by atoms with E-state index in [-0.39, 0.29) is 5.91 Å². The Bertz CT molecular complexity index is 411. The molecule has 0 saturated heterocycles. The maximum Gasteiger partial charge on any atom is 0.301 e. The van der Waals surface area contributed by atoms with Gasteiger partial charge in [0, 0.05) is 24.7 Å². The SMILES string of the molecule is CCC(CC)N(Cc1ccoc1C(=O)NN)CC(C)C. The summed E-state index contributed by atoms with van der Waals surface area (Å²) in [5.41, 5.74) is 3.02. The highest BCUT2D eigenvalue weighted by Crippen LogP contribution is 2.19. The van der Waals surface area contributed by atoms with Crippen LogP contribution in [0.1, 0.15) is 56.7 Å². The Morgan fingerprint density at radius 2 is 2.05 bits per heavy atom. The zero-order valence-electron chi connectivity index (χ0n) is 13.0. The number of nitrogens with zero attached hydrogens (tertiary/aromatic N) is 1. The third kappa shape index (κ3) is 4.35. The first-order valence-electron chi connectivity index (χ1n) is 7.34. The van der Waals surface area contributed by atoms with Gasteiger partial charge in [0.05, 0.1) is 6.26 Å². The van der Waals surface area contributed by atoms with Gasteiger partial charge in [-0.25, -0.2) is 5.84 Å². The lowest BCUT2D eigenvalue weighted by molar-refractivity contribution is 0.0920. The average Bonchev–Trinajstić information content (AvgIpc) is 2.86. The summed E-state index contributed by atoms with van der Waals surface area (Å²) in [6.45, 7) is 10.5. The highest BCUT2D eigenvalue weighted by atomic mass is 16.3. The number of hydrazine groups is 1. The van der Waals surface area contributed by atoms with E-state index in [1.807, 2.05) is 6.07 Å². The molecule has 1 aromatic heterocycles. The van der Waals surface area contributed by atoms with Gasteiger partial charge >= 0.3 is 5.91 Å². The Labute approximate surface area is 121 Å². The maximum absolute atomic E-state index is 11.7. The molecule has 0 spiro atoms. The van der Waals surface area contributed by atoms with Gasteiger partial charge < -0.3 is 4.42 Å². The van der Waals surface area contributed by atoms with E-state index in [1.165, 1.54) is 0 Å². The summed E-state index contributed by atoms with van der Waals surface area (Å²) in [5, 5.41) is 0. The Hall–Kier alpha value is -1.33. The predicted octanol–water partition coefficient (Wildman–Crippen LogP) is 2.53. The van der Waals surface area contributed by atoms with Crippen molar-refractivity contribution < 1.29 is 9.21 Å². The minimum absolute atomic E-state index is 0.312. The van der Waals surface area contributed by atoms with Crippen LogP contribution in [-0.2, 0) is 6.54 Å². The van der Waals surface area contributed by atoms with E-state index >= 15 is 0 Å². The summed E-state index contributed by atoms with van der Waals surface area (Å²) < 4.78 is 5.25. The minimum atomic E-state index is -0.376. The third-order valence-corrected chi connectivity index (χ3v) is 3.52. The second-order valence-corrected chi connectivity index (χ2v) is 5.54. The van der Waals surface area contributed by atoms with Crippen molar-refractivity contribution in [1.29, 1.82) is 0 Å². The lowest BCUT2D eigenvalue weighted by Gasteiger charge is -2.31. The normalized spacial score (nSPS) is 11.6. The Balaban J connectivity index is 2.89. The van der Waals surface area contributed by atoms with Crippen LogP contribution in [0.15, 0.2) is 16.7 Å². The molecule has 0 saturated carbocycles. The van der Waals surface area contributed by atoms with Crippen molar-refractivity contribution in [3.05, 3.63) is 23.7 Å². The third-order valence-electron chi connectivity index (χ3n) is 3.52. The fourth-order valence-electron chi connectivity index (χ4n) is 2.56. The molecular formula is C15H27N3O2. The van der Waals surface area contributed by atoms with Crippen LogP contribution in [0.3, 0.4) is 0 Å². The van der Waals surface area contributed by atoms with E-state index in [9.17, 15) is 4.79 Å². The number of amides is 1. The van der Waals surface area contributed by atoms with E-state index < -0.39 is 0 Å². The molecule has 0 bridgehead atoms. The smallest absolute Gasteiger partial charge is 0.301 e. The van der Waals surface area contributed by atoms with Gasteiger partial charge in [-0.05, 0) is 24.8 Å². The van der Waals surface area contributed by atoms with Gasteiger partial charge in [-0.3, -0.25) is 15.1 Å². The highest BCUT2D eigenvalue weighted by molar-refractivity contribution is 5.92. The van der Waals surface area contributed by atoms with E-state index in [0.717, 1.165) is 24.9 Å². The molecule has 0 aliphatic carbocycles. The number of hydrogen-bond acceptors (Lipinski definition) is 4. The lowest BCUT2D eigenvalue weighted by atomic mass is 10.1. The molecule has 5 heteroatoms. The van der Waals surface area contributed by atoms with Gasteiger partial charge in [-0.2, -0.15) is 0 Å². The first-order chi connectivity index (χ1) is 9.53. The topological polar surface area (TPSA) is 71.5 Å². The molecule has 1 heterocycles. The van der Waals surface area contributed by atoms with Crippen LogP contribution in [0.25, 0.3) is 0 Å². The quantitative estimate of drug-likeness (QED) is 0.436. The fourth-order valence-corrected chi connectivity index (χ4v) is 2.56. The summed E-state index contributed by atoms with van der Waals surface area (Å²) in [6.07, 6.45) is 3.74. The molecule has 0 atom stereocenters. The first-order valence-corrected chi connectivity index (χ1v) is 7.34. The molecule has 20 heavy (non-hydrogen) atoms. The van der Waals surface area contributed by atoms with Crippen molar-refractivity contribution in [2.75, 3.05) is 6.54 Å². The minimum Gasteiger partial charge on any atom is -0.459 e. The van der Waals surface area contributed by atoms with Crippen LogP contribution in [0.4, 0.5) is 0 Å². The second-order valence-electron chi connectivity index (χ2n) is 5.54. The van der Waals surface area contributed by atoms with E-state index in [1.54, 1.807) is 6.26 Å². The molecule has 0 unspecified atom stereocenters. The second kappa shape index (κ2) is 8.07. The molecule has 0 aromatic carbocycles. The van der Waals surface area contributed by atoms with Gasteiger partial charge in [0.1, 0.15) is 0 Å².